The van der Waals surface area contributed by atoms with Gasteiger partial charge in [0.25, 0.3) is 0 Å². The molecule has 0 aromatic carbocycles. The first-order chi connectivity index (χ1) is 8.78. The van der Waals surface area contributed by atoms with Crippen LogP contribution in [0.2, 0.25) is 0 Å². The van der Waals surface area contributed by atoms with Crippen LogP contribution in [-0.2, 0) is 17.8 Å². The zero-order valence-corrected chi connectivity index (χ0v) is 12.5. The standard InChI is InChI=1S/C13H22N2O3S/c1-13(18,9-15(2)3)8-14-7-11-5-4-10(19-11)6-12(16)17/h4-5,14,18H,6-9H2,1-3H3,(H,16,17). The number of hydrogen-bond acceptors (Lipinski definition) is 5. The molecule has 6 heteroatoms. The predicted octanol–water partition coefficient (Wildman–Crippen LogP) is 0.777. The van der Waals surface area contributed by atoms with Gasteiger partial charge in [0.15, 0.2) is 0 Å². The minimum atomic E-state index is -0.810. The van der Waals surface area contributed by atoms with Crippen molar-refractivity contribution in [2.75, 3.05) is 27.2 Å². The van der Waals surface area contributed by atoms with Gasteiger partial charge in [-0.25, -0.2) is 0 Å². The van der Waals surface area contributed by atoms with Crippen molar-refractivity contribution in [3.05, 3.63) is 21.9 Å². The molecule has 0 radical (unpaired) electrons. The quantitative estimate of drug-likeness (QED) is 0.658. The molecule has 3 N–H and O–H groups in total. The van der Waals surface area contributed by atoms with Crippen LogP contribution in [0.25, 0.3) is 0 Å². The van der Waals surface area contributed by atoms with Crippen molar-refractivity contribution in [1.82, 2.24) is 10.2 Å². The van der Waals surface area contributed by atoms with Crippen LogP contribution in [0.5, 0.6) is 0 Å². The lowest BCUT2D eigenvalue weighted by molar-refractivity contribution is -0.136. The molecule has 1 unspecified atom stereocenters. The second-order valence-corrected chi connectivity index (χ2v) is 6.53. The Labute approximate surface area is 117 Å². The van der Waals surface area contributed by atoms with E-state index in [1.165, 1.54) is 11.3 Å². The van der Waals surface area contributed by atoms with Crippen molar-refractivity contribution in [1.29, 1.82) is 0 Å². The Kier molecular flexibility index (Phi) is 5.93. The number of nitrogens with zero attached hydrogens (tertiary/aromatic N) is 1. The molecule has 0 saturated carbocycles. The highest BCUT2D eigenvalue weighted by atomic mass is 32.1. The summed E-state index contributed by atoms with van der Waals surface area (Å²) in [5.74, 6) is -0.810. The van der Waals surface area contributed by atoms with Crippen molar-refractivity contribution >= 4 is 17.3 Å². The zero-order chi connectivity index (χ0) is 14.5. The van der Waals surface area contributed by atoms with E-state index in [-0.39, 0.29) is 6.42 Å². The van der Waals surface area contributed by atoms with Gasteiger partial charge in [0.05, 0.1) is 12.0 Å². The molecule has 0 saturated heterocycles. The number of carboxylic acids is 1. The number of thiophene rings is 1. The molecule has 1 aromatic rings. The Morgan fingerprint density at radius 3 is 2.63 bits per heavy atom. The summed E-state index contributed by atoms with van der Waals surface area (Å²) in [7, 11) is 3.85. The molecule has 108 valence electrons. The highest BCUT2D eigenvalue weighted by Gasteiger charge is 2.20. The fraction of sp³-hybridized carbons (Fsp3) is 0.615. The summed E-state index contributed by atoms with van der Waals surface area (Å²) in [6.45, 7) is 3.53. The van der Waals surface area contributed by atoms with E-state index < -0.39 is 11.6 Å². The molecular formula is C13H22N2O3S. The Morgan fingerprint density at radius 2 is 2.05 bits per heavy atom. The average Bonchev–Trinajstić information content (AvgIpc) is 2.62. The number of hydrogen-bond donors (Lipinski definition) is 3. The Morgan fingerprint density at radius 1 is 1.42 bits per heavy atom. The maximum absolute atomic E-state index is 10.6. The molecule has 1 heterocycles. The smallest absolute Gasteiger partial charge is 0.308 e. The third kappa shape index (κ3) is 6.68. The largest absolute Gasteiger partial charge is 0.481 e. The van der Waals surface area contributed by atoms with Crippen LogP contribution in [0.15, 0.2) is 12.1 Å². The van der Waals surface area contributed by atoms with Gasteiger partial charge in [-0.15, -0.1) is 11.3 Å². The van der Waals surface area contributed by atoms with Gasteiger partial charge in [-0.2, -0.15) is 0 Å². The van der Waals surface area contributed by atoms with Gasteiger partial charge in [-0.1, -0.05) is 0 Å². The van der Waals surface area contributed by atoms with Gasteiger partial charge < -0.3 is 20.4 Å². The molecule has 0 aliphatic carbocycles. The summed E-state index contributed by atoms with van der Waals surface area (Å²) in [4.78, 5) is 14.5. The number of aliphatic carboxylic acids is 1. The molecule has 1 atom stereocenters. The van der Waals surface area contributed by atoms with Crippen LogP contribution in [0.3, 0.4) is 0 Å². The van der Waals surface area contributed by atoms with E-state index in [1.54, 1.807) is 6.92 Å². The first-order valence-corrected chi connectivity index (χ1v) is 6.97. The second-order valence-electron chi connectivity index (χ2n) is 5.28. The summed E-state index contributed by atoms with van der Waals surface area (Å²) in [6.07, 6.45) is 0.0724. The first kappa shape index (κ1) is 16.1. The lowest BCUT2D eigenvalue weighted by Crippen LogP contribution is -2.45. The van der Waals surface area contributed by atoms with Crippen LogP contribution < -0.4 is 5.32 Å². The van der Waals surface area contributed by atoms with E-state index in [2.05, 4.69) is 5.32 Å². The molecule has 0 bridgehead atoms. The summed E-state index contributed by atoms with van der Waals surface area (Å²) >= 11 is 1.49. The van der Waals surface area contributed by atoms with Crippen molar-refractivity contribution < 1.29 is 15.0 Å². The Hall–Kier alpha value is -0.950. The molecule has 1 rings (SSSR count). The second kappa shape index (κ2) is 7.00. The van der Waals surface area contributed by atoms with Crippen molar-refractivity contribution in [2.24, 2.45) is 0 Å². The van der Waals surface area contributed by atoms with Crippen LogP contribution in [0.1, 0.15) is 16.7 Å². The van der Waals surface area contributed by atoms with Gasteiger partial charge >= 0.3 is 5.97 Å². The third-order valence-electron chi connectivity index (χ3n) is 2.50. The van der Waals surface area contributed by atoms with Crippen molar-refractivity contribution in [3.8, 4) is 0 Å². The normalized spacial score (nSPS) is 14.6. The van der Waals surface area contributed by atoms with Crippen LogP contribution >= 0.6 is 11.3 Å². The molecule has 0 fully saturated rings. The molecule has 0 amide bonds. The van der Waals surface area contributed by atoms with Crippen LogP contribution in [-0.4, -0.2) is 53.9 Å². The van der Waals surface area contributed by atoms with Gasteiger partial charge in [0.1, 0.15) is 0 Å². The molecule has 1 aromatic heterocycles. The number of rotatable bonds is 8. The molecule has 5 nitrogen and oxygen atoms in total. The predicted molar refractivity (Wildman–Crippen MR) is 76.5 cm³/mol. The highest BCUT2D eigenvalue weighted by Crippen LogP contribution is 2.17. The number of likely N-dealkylation sites (N-methyl/N-ethyl adjacent to an activating group) is 1. The molecule has 0 aliphatic heterocycles. The monoisotopic (exact) mass is 286 g/mol. The van der Waals surface area contributed by atoms with Crippen molar-refractivity contribution in [3.63, 3.8) is 0 Å². The first-order valence-electron chi connectivity index (χ1n) is 6.16. The topological polar surface area (TPSA) is 72.8 Å². The zero-order valence-electron chi connectivity index (χ0n) is 11.6. The third-order valence-corrected chi connectivity index (χ3v) is 3.59. The van der Waals surface area contributed by atoms with Gasteiger partial charge in [0.2, 0.25) is 0 Å². The minimum Gasteiger partial charge on any atom is -0.481 e. The molecular weight excluding hydrogens is 264 g/mol. The Balaban J connectivity index is 2.36. The van der Waals surface area contributed by atoms with E-state index in [0.717, 1.165) is 9.75 Å². The maximum atomic E-state index is 10.6. The van der Waals surface area contributed by atoms with Crippen molar-refractivity contribution in [2.45, 2.75) is 25.5 Å². The molecule has 0 spiro atoms. The average molecular weight is 286 g/mol. The fourth-order valence-corrected chi connectivity index (χ4v) is 2.93. The lowest BCUT2D eigenvalue weighted by Gasteiger charge is -2.27. The fourth-order valence-electron chi connectivity index (χ4n) is 1.95. The van der Waals surface area contributed by atoms with E-state index in [9.17, 15) is 9.90 Å². The number of nitrogens with one attached hydrogen (secondary N) is 1. The summed E-state index contributed by atoms with van der Waals surface area (Å²) in [6, 6.07) is 3.77. The minimum absolute atomic E-state index is 0.0724. The van der Waals surface area contributed by atoms with E-state index in [4.69, 9.17) is 5.11 Å². The number of aliphatic hydroxyl groups is 1. The lowest BCUT2D eigenvalue weighted by atomic mass is 10.1. The number of carbonyl (C=O) groups is 1. The van der Waals surface area contributed by atoms with E-state index >= 15 is 0 Å². The van der Waals surface area contributed by atoms with Gasteiger partial charge in [0, 0.05) is 29.4 Å². The summed E-state index contributed by atoms with van der Waals surface area (Å²) < 4.78 is 0. The van der Waals surface area contributed by atoms with Crippen LogP contribution in [0, 0.1) is 0 Å². The van der Waals surface area contributed by atoms with Gasteiger partial charge in [-0.05, 0) is 33.2 Å². The van der Waals surface area contributed by atoms with Gasteiger partial charge in [-0.3, -0.25) is 4.79 Å². The van der Waals surface area contributed by atoms with E-state index in [1.807, 2.05) is 31.1 Å². The number of carboxylic acid groups (broad SMARTS) is 1. The maximum Gasteiger partial charge on any atom is 0.308 e. The molecule has 0 aliphatic rings. The highest BCUT2D eigenvalue weighted by molar-refractivity contribution is 7.12. The Bertz CT molecular complexity index is 416. The molecule has 19 heavy (non-hydrogen) atoms. The SMILES string of the molecule is CN(C)CC(C)(O)CNCc1ccc(CC(=O)O)s1. The van der Waals surface area contributed by atoms with E-state index in [0.29, 0.717) is 19.6 Å². The summed E-state index contributed by atoms with van der Waals surface area (Å²) in [5.41, 5.74) is -0.773. The summed E-state index contributed by atoms with van der Waals surface area (Å²) in [5, 5.41) is 22.0. The van der Waals surface area contributed by atoms with Crippen LogP contribution in [0.4, 0.5) is 0 Å².